The molecule has 0 amide bonds. The molecule has 1 aliphatic carbocycles. The van der Waals surface area contributed by atoms with Crippen LogP contribution in [0, 0.1) is 5.82 Å². The summed E-state index contributed by atoms with van der Waals surface area (Å²) in [6, 6.07) is 14.8. The molecule has 174 valence electrons. The fraction of sp³-hybridized carbons (Fsp3) is 0.417. The molecule has 2 fully saturated rings. The van der Waals surface area contributed by atoms with E-state index in [9.17, 15) is 12.8 Å². The number of sulfonamides is 1. The van der Waals surface area contributed by atoms with Gasteiger partial charge in [-0.25, -0.2) is 12.8 Å². The Balaban J connectivity index is 1.27. The van der Waals surface area contributed by atoms with E-state index in [0.29, 0.717) is 23.7 Å². The molecule has 1 aromatic heterocycles. The molecule has 3 aromatic rings. The molecule has 0 bridgehead atoms. The normalized spacial score (nSPS) is 27.1. The Labute approximate surface area is 193 Å². The van der Waals surface area contributed by atoms with Gasteiger partial charge < -0.3 is 9.88 Å². The number of hydrogen-bond acceptors (Lipinski definition) is 5. The zero-order chi connectivity index (χ0) is 23.0. The zero-order valence-electron chi connectivity index (χ0n) is 18.5. The number of nitrogens with one attached hydrogen (secondary N) is 1. The number of halogens is 1. The van der Waals surface area contributed by atoms with Gasteiger partial charge in [-0.2, -0.15) is 4.31 Å². The van der Waals surface area contributed by atoms with E-state index in [1.807, 2.05) is 47.9 Å². The first-order valence-electron chi connectivity index (χ1n) is 11.4. The van der Waals surface area contributed by atoms with E-state index in [4.69, 9.17) is 0 Å². The third kappa shape index (κ3) is 4.39. The van der Waals surface area contributed by atoms with E-state index in [-0.39, 0.29) is 24.4 Å². The van der Waals surface area contributed by atoms with Crippen molar-refractivity contribution in [3.63, 3.8) is 0 Å². The van der Waals surface area contributed by atoms with Crippen LogP contribution in [0.25, 0.3) is 0 Å². The minimum atomic E-state index is -3.59. The van der Waals surface area contributed by atoms with E-state index in [1.54, 1.807) is 18.7 Å². The molecular formula is C24H28FN5O2S. The van der Waals surface area contributed by atoms with Gasteiger partial charge in [0.25, 0.3) is 0 Å². The average molecular weight is 470 g/mol. The summed E-state index contributed by atoms with van der Waals surface area (Å²) in [5.41, 5.74) is 1.89. The highest BCUT2D eigenvalue weighted by atomic mass is 32.2. The van der Waals surface area contributed by atoms with Crippen LogP contribution in [0.15, 0.2) is 61.2 Å². The van der Waals surface area contributed by atoms with Crippen molar-refractivity contribution < 1.29 is 12.8 Å². The molecule has 1 saturated carbocycles. The van der Waals surface area contributed by atoms with Crippen LogP contribution < -0.4 is 5.32 Å². The Bertz CT molecular complexity index is 1200. The van der Waals surface area contributed by atoms with Crippen LogP contribution >= 0.6 is 0 Å². The fourth-order valence-electron chi connectivity index (χ4n) is 4.87. The highest BCUT2D eigenvalue weighted by Gasteiger charge is 2.40. The number of hydrogen-bond donors (Lipinski definition) is 1. The fourth-order valence-corrected chi connectivity index (χ4v) is 7.06. The second-order valence-corrected chi connectivity index (χ2v) is 11.2. The molecule has 1 unspecified atom stereocenters. The van der Waals surface area contributed by atoms with Gasteiger partial charge in [-0.15, -0.1) is 10.2 Å². The van der Waals surface area contributed by atoms with Gasteiger partial charge in [0, 0.05) is 35.9 Å². The Kier molecular flexibility index (Phi) is 5.92. The zero-order valence-corrected chi connectivity index (χ0v) is 19.3. The molecular weight excluding hydrogens is 441 g/mol. The number of rotatable bonds is 6. The minimum Gasteiger partial charge on any atom is -0.382 e. The van der Waals surface area contributed by atoms with Crippen molar-refractivity contribution in [2.24, 2.45) is 0 Å². The minimum absolute atomic E-state index is 0.0398. The largest absolute Gasteiger partial charge is 0.382 e. The third-order valence-electron chi connectivity index (χ3n) is 6.92. The molecule has 2 aromatic carbocycles. The van der Waals surface area contributed by atoms with Crippen molar-refractivity contribution in [1.29, 1.82) is 0 Å². The van der Waals surface area contributed by atoms with Gasteiger partial charge in [0.15, 0.2) is 0 Å². The van der Waals surface area contributed by atoms with Crippen molar-refractivity contribution >= 4 is 15.7 Å². The Morgan fingerprint density at radius 1 is 1.06 bits per heavy atom. The molecule has 2 heterocycles. The molecule has 9 heteroatoms. The summed E-state index contributed by atoms with van der Waals surface area (Å²) in [4.78, 5) is 0. The van der Waals surface area contributed by atoms with E-state index in [1.165, 1.54) is 10.4 Å². The van der Waals surface area contributed by atoms with Gasteiger partial charge in [0.1, 0.15) is 23.7 Å². The maximum atomic E-state index is 15.0. The van der Waals surface area contributed by atoms with Crippen molar-refractivity contribution in [3.05, 3.63) is 78.1 Å². The van der Waals surface area contributed by atoms with E-state index >= 15 is 0 Å². The summed E-state index contributed by atoms with van der Waals surface area (Å²) in [5, 5.41) is 10.5. The number of anilines is 1. The second kappa shape index (κ2) is 8.87. The summed E-state index contributed by atoms with van der Waals surface area (Å²) in [7, 11) is -3.59. The quantitative estimate of drug-likeness (QED) is 0.583. The lowest BCUT2D eigenvalue weighted by atomic mass is 9.86. The SMILES string of the molecule is C[C@H]1CCC(c2ccccc2)S(=O)(=O)N1Cc1ccc(NC2CC(n3cnnc3)C2)cc1F. The van der Waals surface area contributed by atoms with Gasteiger partial charge in [-0.1, -0.05) is 36.4 Å². The van der Waals surface area contributed by atoms with Crippen LogP contribution in [0.3, 0.4) is 0 Å². The summed E-state index contributed by atoms with van der Waals surface area (Å²) in [6.45, 7) is 1.94. The Morgan fingerprint density at radius 3 is 2.48 bits per heavy atom. The predicted molar refractivity (Wildman–Crippen MR) is 124 cm³/mol. The lowest BCUT2D eigenvalue weighted by Crippen LogP contribution is -2.44. The number of aromatic nitrogens is 3. The maximum absolute atomic E-state index is 15.0. The van der Waals surface area contributed by atoms with Crippen molar-refractivity contribution in [2.75, 3.05) is 5.32 Å². The van der Waals surface area contributed by atoms with Crippen LogP contribution in [0.2, 0.25) is 0 Å². The summed E-state index contributed by atoms with van der Waals surface area (Å²) < 4.78 is 45.3. The van der Waals surface area contributed by atoms with Crippen LogP contribution in [0.1, 0.15) is 55.0 Å². The predicted octanol–water partition coefficient (Wildman–Crippen LogP) is 4.29. The first-order chi connectivity index (χ1) is 15.9. The van der Waals surface area contributed by atoms with E-state index in [0.717, 1.165) is 24.8 Å². The van der Waals surface area contributed by atoms with Gasteiger partial charge in [-0.05, 0) is 50.3 Å². The van der Waals surface area contributed by atoms with Gasteiger partial charge >= 0.3 is 0 Å². The smallest absolute Gasteiger partial charge is 0.221 e. The molecule has 2 aliphatic rings. The van der Waals surface area contributed by atoms with E-state index in [2.05, 4.69) is 15.5 Å². The van der Waals surface area contributed by atoms with Crippen LogP contribution in [-0.2, 0) is 16.6 Å². The Hall–Kier alpha value is -2.78. The standard InChI is InChI=1S/C24H28FN5O2S/c1-17-7-10-24(18-5-3-2-4-6-18)33(31,32)30(17)14-19-8-9-20(13-23(19)25)28-21-11-22(12-21)29-15-26-27-16-29/h2-6,8-9,13,15-17,21-22,24,28H,7,10-12,14H2,1H3/t17-,21?,22?,24?/m0/s1. The van der Waals surface area contributed by atoms with Crippen LogP contribution in [-0.4, -0.2) is 39.6 Å². The second-order valence-electron chi connectivity index (χ2n) is 9.10. The van der Waals surface area contributed by atoms with Crippen LogP contribution in [0.4, 0.5) is 10.1 Å². The van der Waals surface area contributed by atoms with Gasteiger partial charge in [-0.3, -0.25) is 0 Å². The van der Waals surface area contributed by atoms with Gasteiger partial charge in [0.05, 0.1) is 0 Å². The Morgan fingerprint density at radius 2 is 1.79 bits per heavy atom. The maximum Gasteiger partial charge on any atom is 0.221 e. The highest BCUT2D eigenvalue weighted by molar-refractivity contribution is 7.89. The lowest BCUT2D eigenvalue weighted by molar-refractivity contribution is 0.279. The van der Waals surface area contributed by atoms with Crippen molar-refractivity contribution in [2.45, 2.75) is 62.5 Å². The molecule has 1 aliphatic heterocycles. The first-order valence-corrected chi connectivity index (χ1v) is 12.9. The summed E-state index contributed by atoms with van der Waals surface area (Å²) in [5.74, 6) is -0.390. The molecule has 7 nitrogen and oxygen atoms in total. The lowest BCUT2D eigenvalue weighted by Gasteiger charge is -2.38. The van der Waals surface area contributed by atoms with E-state index < -0.39 is 15.3 Å². The number of nitrogens with zero attached hydrogens (tertiary/aromatic N) is 4. The van der Waals surface area contributed by atoms with Crippen molar-refractivity contribution in [3.8, 4) is 0 Å². The highest BCUT2D eigenvalue weighted by Crippen LogP contribution is 2.38. The molecule has 0 spiro atoms. The third-order valence-corrected chi connectivity index (χ3v) is 9.29. The summed E-state index contributed by atoms with van der Waals surface area (Å²) >= 11 is 0. The molecule has 1 N–H and O–H groups in total. The molecule has 33 heavy (non-hydrogen) atoms. The van der Waals surface area contributed by atoms with Gasteiger partial charge in [0.2, 0.25) is 10.0 Å². The molecule has 1 saturated heterocycles. The van der Waals surface area contributed by atoms with Crippen LogP contribution in [0.5, 0.6) is 0 Å². The topological polar surface area (TPSA) is 80.1 Å². The molecule has 2 atom stereocenters. The average Bonchev–Trinajstić information content (AvgIpc) is 3.29. The molecule has 5 rings (SSSR count). The van der Waals surface area contributed by atoms with Crippen molar-refractivity contribution in [1.82, 2.24) is 19.1 Å². The number of benzene rings is 2. The monoisotopic (exact) mass is 469 g/mol. The summed E-state index contributed by atoms with van der Waals surface area (Å²) in [6.07, 6.45) is 6.60. The first kappa shape index (κ1) is 22.0. The molecule has 0 radical (unpaired) electrons.